The third-order valence-corrected chi connectivity index (χ3v) is 6.68. The average molecular weight is 710 g/mol. The predicted molar refractivity (Wildman–Crippen MR) is 128 cm³/mol. The molecule has 0 amide bonds. The molecule has 0 aromatic rings. The van der Waals surface area contributed by atoms with E-state index in [-0.39, 0.29) is 125 Å². The molecule has 39 heavy (non-hydrogen) atoms. The van der Waals surface area contributed by atoms with Crippen molar-refractivity contribution in [2.24, 2.45) is 0 Å². The Kier molecular flexibility index (Phi) is 16.8. The van der Waals surface area contributed by atoms with E-state index in [1.165, 1.54) is 0 Å². The summed E-state index contributed by atoms with van der Waals surface area (Å²) in [5, 5.41) is 71.8. The Hall–Kier alpha value is -0.665. The third-order valence-electron chi connectivity index (χ3n) is 6.68. The predicted octanol–water partition coefficient (Wildman–Crippen LogP) is -4.67. The molecule has 2 aliphatic rings. The fourth-order valence-electron chi connectivity index (χ4n) is 4.51. The van der Waals surface area contributed by atoms with Crippen LogP contribution in [0.3, 0.4) is 0 Å². The minimum absolute atomic E-state index is 0. The Bertz CT molecular complexity index is 783. The van der Waals surface area contributed by atoms with Crippen molar-refractivity contribution in [2.45, 2.75) is 36.6 Å². The Balaban J connectivity index is 0.00000760. The van der Waals surface area contributed by atoms with Crippen molar-refractivity contribution in [3.8, 4) is 0 Å². The number of carbonyl (C=O) groups is 3. The van der Waals surface area contributed by atoms with E-state index in [1.807, 2.05) is 0 Å². The number of hydrogen-bond acceptors (Lipinski definition) is 13. The summed E-state index contributed by atoms with van der Waals surface area (Å²) in [5.41, 5.74) is -2.01. The number of rotatable bonds is 11. The van der Waals surface area contributed by atoms with Crippen LogP contribution in [-0.2, 0) is 23.9 Å². The topological polar surface area (TPSA) is 233 Å². The maximum absolute atomic E-state index is 11.5. The van der Waals surface area contributed by atoms with E-state index in [4.69, 9.17) is 9.47 Å². The van der Waals surface area contributed by atoms with E-state index >= 15 is 0 Å². The maximum Gasteiger partial charge on any atom is 0.317 e. The number of carboxylic acids is 3. The summed E-state index contributed by atoms with van der Waals surface area (Å²) in [6.45, 7) is -0.325. The maximum atomic E-state index is 11.5. The molecule has 0 radical (unpaired) electrons. The molecule has 17 heteroatoms. The smallest absolute Gasteiger partial charge is 0.317 e. The van der Waals surface area contributed by atoms with Gasteiger partial charge in [-0.2, -0.15) is 0 Å². The molecule has 0 aromatic heterocycles. The van der Waals surface area contributed by atoms with Gasteiger partial charge in [0, 0.05) is 92.2 Å². The van der Waals surface area contributed by atoms with Crippen molar-refractivity contribution in [2.75, 3.05) is 85.3 Å². The summed E-state index contributed by atoms with van der Waals surface area (Å²) in [7, 11) is 0. The molecule has 2 aliphatic heterocycles. The molecule has 0 aliphatic carbocycles. The average Bonchev–Trinajstić information content (AvgIpc) is 2.82. The Morgan fingerprint density at radius 2 is 1.41 bits per heavy atom. The molecule has 0 saturated carbocycles. The van der Waals surface area contributed by atoms with Crippen LogP contribution >= 0.6 is 0 Å². The first kappa shape index (κ1) is 36.4. The molecule has 0 bridgehead atoms. The van der Waals surface area contributed by atoms with Gasteiger partial charge in [0.05, 0.1) is 39.5 Å². The van der Waals surface area contributed by atoms with Gasteiger partial charge in [0.1, 0.15) is 30.1 Å². The minimum atomic E-state index is -2.01. The normalized spacial score (nSPS) is 30.5. The Morgan fingerprint density at radius 3 is 1.95 bits per heavy atom. The molecule has 0 spiro atoms. The molecular weight excluding hydrogens is 670 g/mol. The molecule has 1 unspecified atom stereocenters. The van der Waals surface area contributed by atoms with Crippen LogP contribution in [0.25, 0.3) is 0 Å². The van der Waals surface area contributed by atoms with Gasteiger partial charge in [-0.25, -0.2) is 0 Å². The fourth-order valence-corrected chi connectivity index (χ4v) is 4.51. The first-order chi connectivity index (χ1) is 17.9. The second-order valence-corrected chi connectivity index (χ2v) is 9.54. The van der Waals surface area contributed by atoms with E-state index in [0.29, 0.717) is 0 Å². The van der Waals surface area contributed by atoms with Gasteiger partial charge in [0.2, 0.25) is 0 Å². The third kappa shape index (κ3) is 12.4. The summed E-state index contributed by atoms with van der Waals surface area (Å²) >= 11 is 0. The van der Waals surface area contributed by atoms with Crippen LogP contribution in [0.5, 0.6) is 0 Å². The van der Waals surface area contributed by atoms with E-state index in [9.17, 15) is 50.1 Å². The first-order valence-electron chi connectivity index (χ1n) is 12.4. The summed E-state index contributed by atoms with van der Waals surface area (Å²) in [6.07, 6.45) is -5.08. The van der Waals surface area contributed by atoms with Crippen LogP contribution in [0.4, 0.5) is 0 Å². The van der Waals surface area contributed by atoms with E-state index in [0.717, 1.165) is 0 Å². The summed E-state index contributed by atoms with van der Waals surface area (Å²) < 4.78 is 11.0. The van der Waals surface area contributed by atoms with Gasteiger partial charge in [-0.15, -0.1) is 0 Å². The molecule has 2 saturated heterocycles. The monoisotopic (exact) mass is 710 g/mol. The van der Waals surface area contributed by atoms with Gasteiger partial charge < -0.3 is 45.2 Å². The number of aliphatic carboxylic acids is 3. The van der Waals surface area contributed by atoms with Gasteiger partial charge in [-0.3, -0.25) is 34.4 Å². The Morgan fingerprint density at radius 1 is 0.897 bits per heavy atom. The van der Waals surface area contributed by atoms with E-state index < -0.39 is 54.7 Å². The quantitative estimate of drug-likeness (QED) is 0.101. The van der Waals surface area contributed by atoms with Crippen molar-refractivity contribution in [1.29, 1.82) is 0 Å². The van der Waals surface area contributed by atoms with Gasteiger partial charge in [0.15, 0.2) is 0 Å². The van der Waals surface area contributed by atoms with Gasteiger partial charge in [-0.1, -0.05) is 0 Å². The van der Waals surface area contributed by atoms with Gasteiger partial charge >= 0.3 is 17.9 Å². The van der Waals surface area contributed by atoms with Crippen LogP contribution in [-0.4, -0.2) is 184 Å². The van der Waals surface area contributed by atoms with Crippen molar-refractivity contribution in [3.63, 3.8) is 0 Å². The van der Waals surface area contributed by atoms with E-state index in [1.54, 1.807) is 14.7 Å². The molecule has 228 valence electrons. The molecule has 8 N–H and O–H groups in total. The number of nitrogens with one attached hydrogen (secondary N) is 1. The zero-order valence-corrected chi connectivity index (χ0v) is 23.8. The van der Waals surface area contributed by atoms with Crippen molar-refractivity contribution in [3.05, 3.63) is 0 Å². The number of aliphatic hydroxyl groups is 4. The second kappa shape index (κ2) is 18.0. The molecule has 2 rings (SSSR count). The molecule has 5 atom stereocenters. The number of aliphatic hydroxyl groups excluding tert-OH is 3. The zero-order chi connectivity index (χ0) is 28.3. The number of ether oxygens (including phenoxy) is 2. The number of hydrogen-bond donors (Lipinski definition) is 8. The van der Waals surface area contributed by atoms with Crippen molar-refractivity contribution in [1.82, 2.24) is 20.0 Å². The fraction of sp³-hybridized carbons (Fsp3) is 0.864. The first-order valence-corrected chi connectivity index (χ1v) is 12.4. The summed E-state index contributed by atoms with van der Waals surface area (Å²) in [6, 6.07) is 0. The Labute approximate surface area is 258 Å². The second-order valence-electron chi connectivity index (χ2n) is 9.54. The van der Waals surface area contributed by atoms with Gasteiger partial charge in [0.25, 0.3) is 0 Å². The van der Waals surface area contributed by atoms with Crippen LogP contribution < -0.4 is 5.32 Å². The zero-order valence-electron chi connectivity index (χ0n) is 21.6. The van der Waals surface area contributed by atoms with Crippen molar-refractivity contribution >= 4 is 17.9 Å². The molecule has 2 heterocycles. The largest absolute Gasteiger partial charge is 0.480 e. The molecular formula is C22H40GdN4O12. The van der Waals surface area contributed by atoms with E-state index in [2.05, 4.69) is 5.32 Å². The van der Waals surface area contributed by atoms with Crippen molar-refractivity contribution < 1.29 is 99.5 Å². The standard InChI is InChI=1S/C22H40N4O12.Gd/c27-13-15-21(35)22(36,16(28)14-38-15)1-8-37-17-9-26(12-20(33)34)7-6-25(11-19(31)32)5-4-24(3-2-23-17)10-18(29)30;/h15-17,21,23,27-28,35-36H,1-14H2,(H,29,30)(H,31,32)(H,33,34);/t15-,16+,17?,21+,22-;/m1./s1. The number of nitrogens with zero attached hydrogens (tertiary/aromatic N) is 3. The summed E-state index contributed by atoms with van der Waals surface area (Å²) in [4.78, 5) is 38.9. The number of carboxylic acid groups (broad SMARTS) is 3. The SMILES string of the molecule is O=C(O)CN1CCNC(OCC[C@@]2(O)[C@@H](O)CO[C@H](CO)[C@@H]2O)CN(CC(=O)O)CCN(CC(=O)O)CC1.[Gd]. The van der Waals surface area contributed by atoms with Crippen LogP contribution in [0.15, 0.2) is 0 Å². The minimum Gasteiger partial charge on any atom is -0.480 e. The van der Waals surface area contributed by atoms with Gasteiger partial charge in [-0.05, 0) is 0 Å². The molecule has 0 aromatic carbocycles. The molecule has 2 fully saturated rings. The van der Waals surface area contributed by atoms with Crippen LogP contribution in [0, 0.1) is 39.9 Å². The van der Waals surface area contributed by atoms with Crippen LogP contribution in [0.1, 0.15) is 6.42 Å². The summed E-state index contributed by atoms with van der Waals surface area (Å²) in [5.74, 6) is -3.19. The molecule has 16 nitrogen and oxygen atoms in total. The van der Waals surface area contributed by atoms with Crippen LogP contribution in [0.2, 0.25) is 0 Å².